The highest BCUT2D eigenvalue weighted by molar-refractivity contribution is 6.01. The molecular formula is C19H19F3N2O3. The van der Waals surface area contributed by atoms with Crippen molar-refractivity contribution in [3.63, 3.8) is 0 Å². The normalized spacial score (nSPS) is 12.0. The molecule has 0 heterocycles. The van der Waals surface area contributed by atoms with Gasteiger partial charge in [-0.2, -0.15) is 8.78 Å². The van der Waals surface area contributed by atoms with Crippen LogP contribution in [0.4, 0.5) is 18.9 Å². The Kier molecular flexibility index (Phi) is 6.81. The lowest BCUT2D eigenvalue weighted by Crippen LogP contribution is -2.47. The third kappa shape index (κ3) is 6.02. The lowest BCUT2D eigenvalue weighted by atomic mass is 10.0. The van der Waals surface area contributed by atoms with Gasteiger partial charge in [0.05, 0.1) is 0 Å². The molecule has 1 atom stereocenters. The smallest absolute Gasteiger partial charge is 0.387 e. The maximum Gasteiger partial charge on any atom is 0.387 e. The topological polar surface area (TPSA) is 67.4 Å². The minimum atomic E-state index is -2.93. The van der Waals surface area contributed by atoms with Crippen LogP contribution >= 0.6 is 0 Å². The van der Waals surface area contributed by atoms with Gasteiger partial charge in [-0.05, 0) is 54.4 Å². The van der Waals surface area contributed by atoms with E-state index >= 15 is 0 Å². The third-order valence-corrected chi connectivity index (χ3v) is 3.69. The number of carbonyl (C=O) groups is 2. The predicted molar refractivity (Wildman–Crippen MR) is 94.2 cm³/mol. The number of rotatable bonds is 7. The van der Waals surface area contributed by atoms with Crippen LogP contribution < -0.4 is 15.4 Å². The van der Waals surface area contributed by atoms with E-state index in [1.54, 1.807) is 13.8 Å². The van der Waals surface area contributed by atoms with E-state index in [1.165, 1.54) is 36.4 Å². The average Bonchev–Trinajstić information content (AvgIpc) is 2.61. The molecule has 0 aliphatic rings. The Morgan fingerprint density at radius 2 is 1.56 bits per heavy atom. The van der Waals surface area contributed by atoms with Crippen LogP contribution in [0, 0.1) is 11.7 Å². The van der Waals surface area contributed by atoms with Crippen LogP contribution in [0.1, 0.15) is 24.2 Å². The minimum absolute atomic E-state index is 0.0342. The molecule has 8 heteroatoms. The Hall–Kier alpha value is -3.03. The van der Waals surface area contributed by atoms with Crippen molar-refractivity contribution >= 4 is 17.5 Å². The van der Waals surface area contributed by atoms with Crippen molar-refractivity contribution in [3.05, 3.63) is 59.9 Å². The van der Waals surface area contributed by atoms with Crippen molar-refractivity contribution in [3.8, 4) is 5.75 Å². The molecule has 0 radical (unpaired) electrons. The van der Waals surface area contributed by atoms with E-state index in [2.05, 4.69) is 15.4 Å². The number of nitrogens with one attached hydrogen (secondary N) is 2. The average molecular weight is 380 g/mol. The maximum atomic E-state index is 13.0. The highest BCUT2D eigenvalue weighted by Gasteiger charge is 2.25. The number of hydrogen-bond acceptors (Lipinski definition) is 3. The van der Waals surface area contributed by atoms with Crippen LogP contribution in [0.25, 0.3) is 0 Å². The first-order valence-corrected chi connectivity index (χ1v) is 8.18. The summed E-state index contributed by atoms with van der Waals surface area (Å²) in [6.45, 7) is 0.584. The van der Waals surface area contributed by atoms with Crippen molar-refractivity contribution in [2.24, 2.45) is 5.92 Å². The van der Waals surface area contributed by atoms with Crippen LogP contribution in [0.15, 0.2) is 48.5 Å². The number of alkyl halides is 2. The van der Waals surface area contributed by atoms with E-state index in [0.29, 0.717) is 5.69 Å². The highest BCUT2D eigenvalue weighted by Crippen LogP contribution is 2.18. The number of ether oxygens (including phenoxy) is 1. The molecule has 2 rings (SSSR count). The van der Waals surface area contributed by atoms with Crippen molar-refractivity contribution in [1.29, 1.82) is 0 Å². The second-order valence-electron chi connectivity index (χ2n) is 6.09. The van der Waals surface area contributed by atoms with Gasteiger partial charge >= 0.3 is 6.61 Å². The Morgan fingerprint density at radius 3 is 2.07 bits per heavy atom. The van der Waals surface area contributed by atoms with E-state index in [1.807, 2.05) is 0 Å². The molecule has 2 aromatic rings. The molecule has 0 aliphatic carbocycles. The van der Waals surface area contributed by atoms with Crippen LogP contribution in [0.3, 0.4) is 0 Å². The molecule has 2 N–H and O–H groups in total. The zero-order valence-electron chi connectivity index (χ0n) is 14.7. The van der Waals surface area contributed by atoms with Gasteiger partial charge in [0.2, 0.25) is 5.91 Å². The van der Waals surface area contributed by atoms with Gasteiger partial charge in [-0.3, -0.25) is 9.59 Å². The standard InChI is InChI=1S/C19H19F3N2O3/c1-11(2)16(24-17(25)12-3-5-13(20)6-4-12)18(26)23-14-7-9-15(10-8-14)27-19(21)22/h3-11,16,19H,1-2H3,(H,23,26)(H,24,25). The first kappa shape index (κ1) is 20.3. The summed E-state index contributed by atoms with van der Waals surface area (Å²) in [5.41, 5.74) is 0.589. The minimum Gasteiger partial charge on any atom is -0.435 e. The van der Waals surface area contributed by atoms with Gasteiger partial charge in [0, 0.05) is 11.3 Å². The van der Waals surface area contributed by atoms with E-state index < -0.39 is 30.3 Å². The highest BCUT2D eigenvalue weighted by atomic mass is 19.3. The fourth-order valence-corrected chi connectivity index (χ4v) is 2.30. The van der Waals surface area contributed by atoms with Gasteiger partial charge in [0.25, 0.3) is 5.91 Å². The summed E-state index contributed by atoms with van der Waals surface area (Å²) in [7, 11) is 0. The molecule has 0 spiro atoms. The molecule has 0 saturated heterocycles. The Morgan fingerprint density at radius 1 is 0.963 bits per heavy atom. The molecule has 2 aromatic carbocycles. The Bertz CT molecular complexity index is 778. The van der Waals surface area contributed by atoms with E-state index in [9.17, 15) is 22.8 Å². The van der Waals surface area contributed by atoms with Crippen molar-refractivity contribution in [2.45, 2.75) is 26.5 Å². The SMILES string of the molecule is CC(C)C(NC(=O)c1ccc(F)cc1)C(=O)Nc1ccc(OC(F)F)cc1. The van der Waals surface area contributed by atoms with E-state index in [4.69, 9.17) is 0 Å². The molecule has 0 saturated carbocycles. The number of hydrogen-bond donors (Lipinski definition) is 2. The number of anilines is 1. The second-order valence-corrected chi connectivity index (χ2v) is 6.09. The molecule has 0 fully saturated rings. The quantitative estimate of drug-likeness (QED) is 0.767. The first-order chi connectivity index (χ1) is 12.8. The zero-order chi connectivity index (χ0) is 20.0. The Labute approximate surface area is 154 Å². The summed E-state index contributed by atoms with van der Waals surface area (Å²) in [6, 6.07) is 9.52. The van der Waals surface area contributed by atoms with Crippen molar-refractivity contribution < 1.29 is 27.5 Å². The molecule has 0 aliphatic heterocycles. The number of benzene rings is 2. The van der Waals surface area contributed by atoms with Gasteiger partial charge < -0.3 is 15.4 Å². The summed E-state index contributed by atoms with van der Waals surface area (Å²) in [4.78, 5) is 24.8. The summed E-state index contributed by atoms with van der Waals surface area (Å²) in [6.07, 6.45) is 0. The maximum absolute atomic E-state index is 13.0. The van der Waals surface area contributed by atoms with Crippen molar-refractivity contribution in [2.75, 3.05) is 5.32 Å². The zero-order valence-corrected chi connectivity index (χ0v) is 14.7. The van der Waals surface area contributed by atoms with Crippen LogP contribution in [0.5, 0.6) is 5.75 Å². The van der Waals surface area contributed by atoms with E-state index in [0.717, 1.165) is 12.1 Å². The summed E-state index contributed by atoms with van der Waals surface area (Å²) in [5, 5.41) is 5.23. The number of carbonyl (C=O) groups excluding carboxylic acids is 2. The second kappa shape index (κ2) is 9.07. The predicted octanol–water partition coefficient (Wildman–Crippen LogP) is 3.82. The van der Waals surface area contributed by atoms with Gasteiger partial charge in [0.15, 0.2) is 0 Å². The molecule has 5 nitrogen and oxygen atoms in total. The number of amides is 2. The van der Waals surface area contributed by atoms with Crippen LogP contribution in [-0.4, -0.2) is 24.5 Å². The lowest BCUT2D eigenvalue weighted by Gasteiger charge is -2.22. The van der Waals surface area contributed by atoms with Gasteiger partial charge in [-0.1, -0.05) is 13.8 Å². The fraction of sp³-hybridized carbons (Fsp3) is 0.263. The fourth-order valence-electron chi connectivity index (χ4n) is 2.30. The molecule has 1 unspecified atom stereocenters. The van der Waals surface area contributed by atoms with Crippen LogP contribution in [-0.2, 0) is 4.79 Å². The molecular weight excluding hydrogens is 361 g/mol. The molecule has 0 aromatic heterocycles. The molecule has 0 bridgehead atoms. The first-order valence-electron chi connectivity index (χ1n) is 8.18. The largest absolute Gasteiger partial charge is 0.435 e. The monoisotopic (exact) mass is 380 g/mol. The van der Waals surface area contributed by atoms with Crippen molar-refractivity contribution in [1.82, 2.24) is 5.32 Å². The van der Waals surface area contributed by atoms with Gasteiger partial charge in [0.1, 0.15) is 17.6 Å². The van der Waals surface area contributed by atoms with Crippen LogP contribution in [0.2, 0.25) is 0 Å². The summed E-state index contributed by atoms with van der Waals surface area (Å²) in [5.74, 6) is -1.71. The molecule has 144 valence electrons. The van der Waals surface area contributed by atoms with Gasteiger partial charge in [-0.25, -0.2) is 4.39 Å². The lowest BCUT2D eigenvalue weighted by molar-refractivity contribution is -0.118. The van der Waals surface area contributed by atoms with E-state index in [-0.39, 0.29) is 17.2 Å². The molecule has 27 heavy (non-hydrogen) atoms. The summed E-state index contributed by atoms with van der Waals surface area (Å²) >= 11 is 0. The molecule has 2 amide bonds. The Balaban J connectivity index is 2.03. The third-order valence-electron chi connectivity index (χ3n) is 3.69. The summed E-state index contributed by atoms with van der Waals surface area (Å²) < 4.78 is 41.5. The number of halogens is 3. The van der Waals surface area contributed by atoms with Gasteiger partial charge in [-0.15, -0.1) is 0 Å².